The third-order valence-electron chi connectivity index (χ3n) is 3.57. The molecule has 2 aromatic carbocycles. The Morgan fingerprint density at radius 1 is 1.17 bits per heavy atom. The summed E-state index contributed by atoms with van der Waals surface area (Å²) in [5.74, 6) is 0. The second kappa shape index (κ2) is 4.46. The predicted octanol–water partition coefficient (Wildman–Crippen LogP) is 3.24. The van der Waals surface area contributed by atoms with Crippen LogP contribution in [-0.2, 0) is 11.2 Å². The van der Waals surface area contributed by atoms with Crippen molar-refractivity contribution >= 4 is 5.69 Å². The number of hydrogen-bond donors (Lipinski definition) is 1. The minimum atomic E-state index is 0.0502. The van der Waals surface area contributed by atoms with E-state index in [0.29, 0.717) is 0 Å². The van der Waals surface area contributed by atoms with Crippen LogP contribution in [-0.4, -0.2) is 6.61 Å². The average Bonchev–Trinajstić information content (AvgIpc) is 2.40. The Hall–Kier alpha value is -1.80. The summed E-state index contributed by atoms with van der Waals surface area (Å²) in [5, 5.41) is 0. The van der Waals surface area contributed by atoms with E-state index in [4.69, 9.17) is 10.5 Å². The number of fused-ring (bicyclic) bond motifs is 1. The molecular formula is C16H17NO. The fraction of sp³-hybridized carbons (Fsp3) is 0.250. The Morgan fingerprint density at radius 2 is 1.94 bits per heavy atom. The van der Waals surface area contributed by atoms with Crippen LogP contribution in [0, 0.1) is 6.92 Å². The molecule has 0 aliphatic carbocycles. The van der Waals surface area contributed by atoms with Crippen LogP contribution in [0.25, 0.3) is 0 Å². The average molecular weight is 239 g/mol. The minimum Gasteiger partial charge on any atom is -0.399 e. The molecule has 0 radical (unpaired) electrons. The standard InChI is InChI=1S/C16H17NO/c1-11-9-14-13(10-15(11)17)7-8-18-16(14)12-5-3-2-4-6-12/h2-6,9-10,16H,7-8,17H2,1H3. The van der Waals surface area contributed by atoms with Gasteiger partial charge in [0.2, 0.25) is 0 Å². The first-order valence-electron chi connectivity index (χ1n) is 6.31. The quantitative estimate of drug-likeness (QED) is 0.775. The summed E-state index contributed by atoms with van der Waals surface area (Å²) in [6, 6.07) is 14.6. The molecule has 1 aliphatic rings. The second-order valence-electron chi connectivity index (χ2n) is 4.82. The van der Waals surface area contributed by atoms with E-state index >= 15 is 0 Å². The molecule has 1 atom stereocenters. The molecule has 18 heavy (non-hydrogen) atoms. The van der Waals surface area contributed by atoms with Crippen LogP contribution in [0.5, 0.6) is 0 Å². The normalized spacial score (nSPS) is 18.4. The van der Waals surface area contributed by atoms with Crippen LogP contribution in [0.3, 0.4) is 0 Å². The second-order valence-corrected chi connectivity index (χ2v) is 4.82. The molecule has 2 N–H and O–H groups in total. The molecule has 2 nitrogen and oxygen atoms in total. The highest BCUT2D eigenvalue weighted by Crippen LogP contribution is 2.34. The Morgan fingerprint density at radius 3 is 2.72 bits per heavy atom. The zero-order valence-corrected chi connectivity index (χ0v) is 10.5. The van der Waals surface area contributed by atoms with E-state index in [1.807, 2.05) is 13.0 Å². The molecule has 0 saturated heterocycles. The van der Waals surface area contributed by atoms with Gasteiger partial charge in [0.25, 0.3) is 0 Å². The van der Waals surface area contributed by atoms with Crippen LogP contribution in [0.4, 0.5) is 5.69 Å². The lowest BCUT2D eigenvalue weighted by molar-refractivity contribution is 0.0698. The highest BCUT2D eigenvalue weighted by atomic mass is 16.5. The zero-order chi connectivity index (χ0) is 12.5. The first-order valence-corrected chi connectivity index (χ1v) is 6.31. The van der Waals surface area contributed by atoms with Crippen molar-refractivity contribution in [1.82, 2.24) is 0 Å². The van der Waals surface area contributed by atoms with Gasteiger partial charge in [0.05, 0.1) is 6.61 Å². The number of benzene rings is 2. The summed E-state index contributed by atoms with van der Waals surface area (Å²) in [5.41, 5.74) is 11.8. The molecule has 0 amide bonds. The third kappa shape index (κ3) is 1.89. The molecule has 1 unspecified atom stereocenters. The van der Waals surface area contributed by atoms with E-state index in [9.17, 15) is 0 Å². The summed E-state index contributed by atoms with van der Waals surface area (Å²) in [6.07, 6.45) is 0.998. The fourth-order valence-electron chi connectivity index (χ4n) is 2.53. The van der Waals surface area contributed by atoms with Crippen molar-refractivity contribution in [3.63, 3.8) is 0 Å². The summed E-state index contributed by atoms with van der Waals surface area (Å²) >= 11 is 0. The van der Waals surface area contributed by atoms with Gasteiger partial charge in [0.15, 0.2) is 0 Å². The number of aryl methyl sites for hydroxylation is 1. The van der Waals surface area contributed by atoms with Crippen molar-refractivity contribution in [3.8, 4) is 0 Å². The van der Waals surface area contributed by atoms with Crippen LogP contribution >= 0.6 is 0 Å². The Balaban J connectivity index is 2.09. The maximum atomic E-state index is 5.99. The van der Waals surface area contributed by atoms with Crippen LogP contribution in [0.15, 0.2) is 42.5 Å². The SMILES string of the molecule is Cc1cc2c(cc1N)CCOC2c1ccccc1. The molecule has 1 aliphatic heterocycles. The summed E-state index contributed by atoms with van der Waals surface area (Å²) in [6.45, 7) is 2.81. The number of anilines is 1. The lowest BCUT2D eigenvalue weighted by Gasteiger charge is -2.27. The van der Waals surface area contributed by atoms with Gasteiger partial charge in [-0.3, -0.25) is 0 Å². The number of rotatable bonds is 1. The van der Waals surface area contributed by atoms with Gasteiger partial charge >= 0.3 is 0 Å². The van der Waals surface area contributed by atoms with Gasteiger partial charge in [0.1, 0.15) is 6.10 Å². The van der Waals surface area contributed by atoms with E-state index in [0.717, 1.165) is 24.3 Å². The topological polar surface area (TPSA) is 35.2 Å². The van der Waals surface area contributed by atoms with Crippen LogP contribution in [0.2, 0.25) is 0 Å². The molecule has 0 aromatic heterocycles. The number of ether oxygens (including phenoxy) is 1. The Bertz CT molecular complexity index is 563. The molecule has 1 heterocycles. The minimum absolute atomic E-state index is 0.0502. The number of hydrogen-bond acceptors (Lipinski definition) is 2. The van der Waals surface area contributed by atoms with Crippen LogP contribution in [0.1, 0.15) is 28.4 Å². The molecule has 0 fully saturated rings. The summed E-state index contributed by atoms with van der Waals surface area (Å²) in [7, 11) is 0. The lowest BCUT2D eigenvalue weighted by atomic mass is 9.91. The molecular weight excluding hydrogens is 222 g/mol. The van der Waals surface area contributed by atoms with Gasteiger partial charge in [-0.2, -0.15) is 0 Å². The highest BCUT2D eigenvalue weighted by molar-refractivity contribution is 5.54. The first kappa shape index (κ1) is 11.3. The molecule has 92 valence electrons. The van der Waals surface area contributed by atoms with Gasteiger partial charge in [-0.05, 0) is 41.7 Å². The van der Waals surface area contributed by atoms with Gasteiger partial charge < -0.3 is 10.5 Å². The summed E-state index contributed by atoms with van der Waals surface area (Å²) < 4.78 is 5.94. The molecule has 0 bridgehead atoms. The van der Waals surface area contributed by atoms with Crippen molar-refractivity contribution in [2.45, 2.75) is 19.4 Å². The van der Waals surface area contributed by atoms with Crippen molar-refractivity contribution in [1.29, 1.82) is 0 Å². The van der Waals surface area contributed by atoms with E-state index in [1.54, 1.807) is 0 Å². The van der Waals surface area contributed by atoms with E-state index < -0.39 is 0 Å². The number of nitrogens with two attached hydrogens (primary N) is 1. The monoisotopic (exact) mass is 239 g/mol. The number of nitrogen functional groups attached to an aromatic ring is 1. The van der Waals surface area contributed by atoms with Crippen molar-refractivity contribution in [3.05, 3.63) is 64.7 Å². The lowest BCUT2D eigenvalue weighted by Crippen LogP contribution is -2.18. The van der Waals surface area contributed by atoms with Gasteiger partial charge in [-0.25, -0.2) is 0 Å². The van der Waals surface area contributed by atoms with Gasteiger partial charge in [0, 0.05) is 5.69 Å². The van der Waals surface area contributed by atoms with E-state index in [-0.39, 0.29) is 6.10 Å². The van der Waals surface area contributed by atoms with E-state index in [2.05, 4.69) is 36.4 Å². The Kier molecular flexibility index (Phi) is 2.80. The zero-order valence-electron chi connectivity index (χ0n) is 10.5. The van der Waals surface area contributed by atoms with Gasteiger partial charge in [-0.15, -0.1) is 0 Å². The van der Waals surface area contributed by atoms with E-state index in [1.165, 1.54) is 16.7 Å². The maximum absolute atomic E-state index is 5.99. The molecule has 3 rings (SSSR count). The summed E-state index contributed by atoms with van der Waals surface area (Å²) in [4.78, 5) is 0. The molecule has 2 aromatic rings. The molecule has 2 heteroatoms. The van der Waals surface area contributed by atoms with Crippen molar-refractivity contribution in [2.24, 2.45) is 0 Å². The smallest absolute Gasteiger partial charge is 0.108 e. The highest BCUT2D eigenvalue weighted by Gasteiger charge is 2.23. The van der Waals surface area contributed by atoms with Crippen molar-refractivity contribution in [2.75, 3.05) is 12.3 Å². The first-order chi connectivity index (χ1) is 8.75. The third-order valence-corrected chi connectivity index (χ3v) is 3.57. The van der Waals surface area contributed by atoms with Crippen molar-refractivity contribution < 1.29 is 4.74 Å². The largest absolute Gasteiger partial charge is 0.399 e. The van der Waals surface area contributed by atoms with Crippen LogP contribution < -0.4 is 5.73 Å². The molecule has 0 spiro atoms. The van der Waals surface area contributed by atoms with Gasteiger partial charge in [-0.1, -0.05) is 36.4 Å². The fourth-order valence-corrected chi connectivity index (χ4v) is 2.53. The maximum Gasteiger partial charge on any atom is 0.108 e. The Labute approximate surface area is 107 Å². The predicted molar refractivity (Wildman–Crippen MR) is 73.5 cm³/mol. The molecule has 0 saturated carbocycles.